The van der Waals surface area contributed by atoms with Gasteiger partial charge in [0.05, 0.1) is 12.5 Å². The molecular formula is C21H21N3O3S. The Kier molecular flexibility index (Phi) is 5.34. The van der Waals surface area contributed by atoms with Crippen molar-refractivity contribution in [3.8, 4) is 17.1 Å². The zero-order valence-electron chi connectivity index (χ0n) is 15.8. The first-order valence-corrected chi connectivity index (χ1v) is 10.4. The van der Waals surface area contributed by atoms with E-state index in [0.29, 0.717) is 31.3 Å². The van der Waals surface area contributed by atoms with Crippen LogP contribution in [0.3, 0.4) is 0 Å². The summed E-state index contributed by atoms with van der Waals surface area (Å²) in [5.74, 6) is 1.73. The van der Waals surface area contributed by atoms with Crippen molar-refractivity contribution in [3.63, 3.8) is 0 Å². The maximum absolute atomic E-state index is 12.5. The first-order chi connectivity index (χ1) is 13.7. The van der Waals surface area contributed by atoms with E-state index < -0.39 is 0 Å². The van der Waals surface area contributed by atoms with E-state index in [2.05, 4.69) is 10.1 Å². The van der Waals surface area contributed by atoms with Gasteiger partial charge in [-0.25, -0.2) is 0 Å². The molecule has 2 aromatic carbocycles. The topological polar surface area (TPSA) is 68.5 Å². The first-order valence-electron chi connectivity index (χ1n) is 9.19. The molecule has 1 amide bonds. The van der Waals surface area contributed by atoms with Crippen LogP contribution in [-0.2, 0) is 4.79 Å². The lowest BCUT2D eigenvalue weighted by Crippen LogP contribution is -2.24. The average Bonchev–Trinajstić information content (AvgIpc) is 3.36. The third-order valence-corrected chi connectivity index (χ3v) is 5.45. The molecule has 2 heterocycles. The summed E-state index contributed by atoms with van der Waals surface area (Å²) in [5, 5.41) is 4.10. The van der Waals surface area contributed by atoms with Gasteiger partial charge in [0.2, 0.25) is 17.6 Å². The van der Waals surface area contributed by atoms with Crippen molar-refractivity contribution in [3.05, 3.63) is 54.4 Å². The number of rotatable bonds is 6. The molecule has 1 aliphatic rings. The maximum atomic E-state index is 12.5. The van der Waals surface area contributed by atoms with Gasteiger partial charge in [0.25, 0.3) is 0 Å². The minimum atomic E-state index is -0.107. The molecule has 144 valence electrons. The van der Waals surface area contributed by atoms with Gasteiger partial charge in [-0.2, -0.15) is 4.98 Å². The molecule has 3 aromatic rings. The molecular weight excluding hydrogens is 374 g/mol. The molecule has 1 aromatic heterocycles. The zero-order valence-corrected chi connectivity index (χ0v) is 16.6. The largest absolute Gasteiger partial charge is 0.494 e. The van der Waals surface area contributed by atoms with Crippen molar-refractivity contribution in [1.29, 1.82) is 0 Å². The highest BCUT2D eigenvalue weighted by Gasteiger charge is 2.35. The smallest absolute Gasteiger partial charge is 0.232 e. The van der Waals surface area contributed by atoms with Crippen molar-refractivity contribution in [2.45, 2.75) is 24.2 Å². The Bertz CT molecular complexity index is 971. The molecule has 6 nitrogen and oxygen atoms in total. The fourth-order valence-electron chi connectivity index (χ4n) is 3.29. The van der Waals surface area contributed by atoms with Crippen LogP contribution in [0.1, 0.15) is 25.2 Å². The molecule has 1 fully saturated rings. The second-order valence-corrected chi connectivity index (χ2v) is 7.40. The van der Waals surface area contributed by atoms with Gasteiger partial charge < -0.3 is 14.2 Å². The molecule has 0 spiro atoms. The molecule has 4 rings (SSSR count). The maximum Gasteiger partial charge on any atom is 0.232 e. The summed E-state index contributed by atoms with van der Waals surface area (Å²) in [4.78, 5) is 20.0. The quantitative estimate of drug-likeness (QED) is 0.577. The number of ether oxygens (including phenoxy) is 1. The minimum Gasteiger partial charge on any atom is -0.494 e. The van der Waals surface area contributed by atoms with Crippen molar-refractivity contribution < 1.29 is 14.1 Å². The van der Waals surface area contributed by atoms with E-state index in [1.807, 2.05) is 61.7 Å². The Hall–Kier alpha value is -2.80. The van der Waals surface area contributed by atoms with Crippen LogP contribution in [0.15, 0.2) is 57.9 Å². The number of benzene rings is 2. The number of carbonyl (C=O) groups is 1. The van der Waals surface area contributed by atoms with Gasteiger partial charge >= 0.3 is 0 Å². The highest BCUT2D eigenvalue weighted by molar-refractivity contribution is 7.98. The van der Waals surface area contributed by atoms with Crippen LogP contribution >= 0.6 is 11.8 Å². The average molecular weight is 395 g/mol. The number of nitrogens with zero attached hydrogens (tertiary/aromatic N) is 3. The molecule has 7 heteroatoms. The number of aromatic nitrogens is 2. The Morgan fingerprint density at radius 2 is 2.07 bits per heavy atom. The zero-order chi connectivity index (χ0) is 19.5. The van der Waals surface area contributed by atoms with Crippen molar-refractivity contribution in [2.75, 3.05) is 24.3 Å². The van der Waals surface area contributed by atoms with E-state index in [9.17, 15) is 4.79 Å². The highest BCUT2D eigenvalue weighted by Crippen LogP contribution is 2.33. The summed E-state index contributed by atoms with van der Waals surface area (Å²) >= 11 is 1.68. The molecule has 1 saturated heterocycles. The van der Waals surface area contributed by atoms with E-state index in [0.717, 1.165) is 17.0 Å². The van der Waals surface area contributed by atoms with Gasteiger partial charge in [-0.15, -0.1) is 11.8 Å². The second kappa shape index (κ2) is 8.06. The van der Waals surface area contributed by atoms with Crippen molar-refractivity contribution >= 4 is 23.4 Å². The molecule has 0 bridgehead atoms. The number of hydrogen-bond acceptors (Lipinski definition) is 6. The van der Waals surface area contributed by atoms with Crippen molar-refractivity contribution in [1.82, 2.24) is 10.1 Å². The fraction of sp³-hybridized carbons (Fsp3) is 0.286. The number of hydrogen-bond donors (Lipinski definition) is 0. The first kappa shape index (κ1) is 18.6. The summed E-state index contributed by atoms with van der Waals surface area (Å²) in [6.07, 6.45) is 2.40. The van der Waals surface area contributed by atoms with Crippen LogP contribution in [-0.4, -0.2) is 35.5 Å². The number of amides is 1. The normalized spacial score (nSPS) is 16.6. The molecule has 1 atom stereocenters. The molecule has 0 aliphatic carbocycles. The van der Waals surface area contributed by atoms with Gasteiger partial charge in [-0.05, 0) is 49.6 Å². The predicted octanol–water partition coefficient (Wildman–Crippen LogP) is 4.38. The van der Waals surface area contributed by atoms with Gasteiger partial charge in [0.1, 0.15) is 5.75 Å². The number of carbonyl (C=O) groups excluding carboxylic acids is 1. The van der Waals surface area contributed by atoms with Crippen molar-refractivity contribution in [2.24, 2.45) is 0 Å². The number of anilines is 1. The third kappa shape index (κ3) is 3.75. The summed E-state index contributed by atoms with van der Waals surface area (Å²) in [6, 6.07) is 15.6. The van der Waals surface area contributed by atoms with Crippen LogP contribution in [0.25, 0.3) is 11.4 Å². The van der Waals surface area contributed by atoms with Crippen LogP contribution in [0.2, 0.25) is 0 Å². The minimum absolute atomic E-state index is 0.0694. The van der Waals surface area contributed by atoms with E-state index in [1.54, 1.807) is 16.7 Å². The molecule has 0 saturated carbocycles. The Morgan fingerprint density at radius 3 is 2.82 bits per heavy atom. The lowest BCUT2D eigenvalue weighted by molar-refractivity contribution is -0.117. The second-order valence-electron chi connectivity index (χ2n) is 6.52. The molecule has 0 radical (unpaired) electrons. The van der Waals surface area contributed by atoms with Crippen LogP contribution in [0, 0.1) is 0 Å². The summed E-state index contributed by atoms with van der Waals surface area (Å²) in [6.45, 7) is 3.08. The molecule has 1 aliphatic heterocycles. The summed E-state index contributed by atoms with van der Waals surface area (Å²) in [7, 11) is 0. The van der Waals surface area contributed by atoms with Crippen LogP contribution in [0.4, 0.5) is 5.69 Å². The van der Waals surface area contributed by atoms with E-state index in [4.69, 9.17) is 9.26 Å². The standard InChI is InChI=1S/C21H21N3O3S/c1-3-26-17-6-4-5-14(11-17)20-22-21(27-23-20)15-12-19(25)24(13-15)16-7-9-18(28-2)10-8-16/h4-11,15H,3,12-13H2,1-2H3. The van der Waals surface area contributed by atoms with Crippen LogP contribution in [0.5, 0.6) is 5.75 Å². The van der Waals surface area contributed by atoms with E-state index in [1.165, 1.54) is 4.90 Å². The lowest BCUT2D eigenvalue weighted by Gasteiger charge is -2.16. The third-order valence-electron chi connectivity index (χ3n) is 4.70. The van der Waals surface area contributed by atoms with Gasteiger partial charge in [0, 0.05) is 29.1 Å². The monoisotopic (exact) mass is 395 g/mol. The SMILES string of the molecule is CCOc1cccc(-c2noc(C3CC(=O)N(c4ccc(SC)cc4)C3)n2)c1. The Labute approximate surface area is 167 Å². The Morgan fingerprint density at radius 1 is 1.25 bits per heavy atom. The fourth-order valence-corrected chi connectivity index (χ4v) is 3.70. The van der Waals surface area contributed by atoms with Gasteiger partial charge in [-0.1, -0.05) is 17.3 Å². The Balaban J connectivity index is 1.51. The molecule has 1 unspecified atom stereocenters. The van der Waals surface area contributed by atoms with Gasteiger partial charge in [0.15, 0.2) is 0 Å². The number of thioether (sulfide) groups is 1. The van der Waals surface area contributed by atoms with Crippen LogP contribution < -0.4 is 9.64 Å². The van der Waals surface area contributed by atoms with E-state index >= 15 is 0 Å². The summed E-state index contributed by atoms with van der Waals surface area (Å²) < 4.78 is 11.0. The molecule has 28 heavy (non-hydrogen) atoms. The molecule has 0 N–H and O–H groups in total. The lowest BCUT2D eigenvalue weighted by atomic mass is 10.1. The van der Waals surface area contributed by atoms with E-state index in [-0.39, 0.29) is 11.8 Å². The summed E-state index contributed by atoms with van der Waals surface area (Å²) in [5.41, 5.74) is 1.73. The predicted molar refractivity (Wildman–Crippen MR) is 109 cm³/mol. The highest BCUT2D eigenvalue weighted by atomic mass is 32.2. The van der Waals surface area contributed by atoms with Gasteiger partial charge in [-0.3, -0.25) is 4.79 Å².